The van der Waals surface area contributed by atoms with E-state index in [1.165, 1.54) is 0 Å². The number of aromatic amines is 1. The molecule has 4 nitrogen and oxygen atoms in total. The second-order valence-corrected chi connectivity index (χ2v) is 5.54. The first-order chi connectivity index (χ1) is 9.70. The molecule has 1 aromatic heterocycles. The van der Waals surface area contributed by atoms with Gasteiger partial charge in [-0.2, -0.15) is 0 Å². The molecule has 1 aromatic carbocycles. The number of ether oxygens (including phenoxy) is 1. The molecule has 0 spiro atoms. The Kier molecular flexibility index (Phi) is 3.49. The van der Waals surface area contributed by atoms with Crippen molar-refractivity contribution in [3.8, 4) is 0 Å². The van der Waals surface area contributed by atoms with E-state index in [9.17, 15) is 4.79 Å². The molecule has 1 aliphatic rings. The summed E-state index contributed by atoms with van der Waals surface area (Å²) in [6, 6.07) is 7.90. The molecular formula is C16H20N2O2. The molecule has 1 N–H and O–H groups in total. The van der Waals surface area contributed by atoms with Gasteiger partial charge in [0.05, 0.1) is 11.7 Å². The smallest absolute Gasteiger partial charge is 0.256 e. The quantitative estimate of drug-likeness (QED) is 0.913. The number of likely N-dealkylation sites (tertiary alicyclic amines) is 1. The van der Waals surface area contributed by atoms with Crippen LogP contribution in [0.5, 0.6) is 0 Å². The molecule has 0 radical (unpaired) electrons. The zero-order valence-corrected chi connectivity index (χ0v) is 11.9. The van der Waals surface area contributed by atoms with Gasteiger partial charge in [-0.1, -0.05) is 25.1 Å². The minimum absolute atomic E-state index is 0.0939. The van der Waals surface area contributed by atoms with Crippen molar-refractivity contribution in [3.05, 3.63) is 36.0 Å². The molecule has 0 bridgehead atoms. The molecule has 1 amide bonds. The van der Waals surface area contributed by atoms with E-state index < -0.39 is 0 Å². The fraction of sp³-hybridized carbons (Fsp3) is 0.438. The van der Waals surface area contributed by atoms with Gasteiger partial charge in [-0.15, -0.1) is 0 Å². The van der Waals surface area contributed by atoms with Crippen molar-refractivity contribution in [2.24, 2.45) is 5.92 Å². The first-order valence-corrected chi connectivity index (χ1v) is 7.09. The molecule has 1 fully saturated rings. The van der Waals surface area contributed by atoms with Gasteiger partial charge >= 0.3 is 0 Å². The number of H-pyrrole nitrogens is 1. The summed E-state index contributed by atoms with van der Waals surface area (Å²) in [5, 5.41) is 0.991. The summed E-state index contributed by atoms with van der Waals surface area (Å²) in [6.45, 7) is 3.66. The maximum Gasteiger partial charge on any atom is 0.256 e. The van der Waals surface area contributed by atoms with Crippen molar-refractivity contribution < 1.29 is 9.53 Å². The third-order valence-corrected chi connectivity index (χ3v) is 4.30. The molecule has 2 atom stereocenters. The Balaban J connectivity index is 1.85. The van der Waals surface area contributed by atoms with Crippen LogP contribution < -0.4 is 0 Å². The monoisotopic (exact) mass is 272 g/mol. The first kappa shape index (κ1) is 13.2. The Morgan fingerprint density at radius 3 is 3.00 bits per heavy atom. The maximum absolute atomic E-state index is 12.7. The highest BCUT2D eigenvalue weighted by Crippen LogP contribution is 2.24. The van der Waals surface area contributed by atoms with Crippen LogP contribution in [-0.4, -0.2) is 42.1 Å². The number of carbonyl (C=O) groups excluding carboxylic acids is 1. The van der Waals surface area contributed by atoms with Crippen LogP contribution in [0.15, 0.2) is 30.5 Å². The lowest BCUT2D eigenvalue weighted by atomic mass is 9.95. The van der Waals surface area contributed by atoms with E-state index >= 15 is 0 Å². The Labute approximate surface area is 118 Å². The van der Waals surface area contributed by atoms with Crippen LogP contribution in [0.2, 0.25) is 0 Å². The molecule has 2 unspecified atom stereocenters. The van der Waals surface area contributed by atoms with E-state index in [0.29, 0.717) is 12.5 Å². The lowest BCUT2D eigenvalue weighted by molar-refractivity contribution is -0.00149. The predicted octanol–water partition coefficient (Wildman–Crippen LogP) is 2.66. The summed E-state index contributed by atoms with van der Waals surface area (Å²) in [5.74, 6) is 0.600. The van der Waals surface area contributed by atoms with Crippen LogP contribution in [-0.2, 0) is 4.74 Å². The summed E-state index contributed by atoms with van der Waals surface area (Å²) in [4.78, 5) is 17.8. The van der Waals surface area contributed by atoms with E-state index in [-0.39, 0.29) is 12.0 Å². The maximum atomic E-state index is 12.7. The van der Waals surface area contributed by atoms with Crippen molar-refractivity contribution in [1.29, 1.82) is 0 Å². The van der Waals surface area contributed by atoms with Crippen LogP contribution in [0.25, 0.3) is 10.9 Å². The van der Waals surface area contributed by atoms with Crippen LogP contribution in [0.3, 0.4) is 0 Å². The van der Waals surface area contributed by atoms with E-state index in [1.54, 1.807) is 7.11 Å². The molecule has 2 aromatic rings. The number of rotatable bonds is 2. The largest absolute Gasteiger partial charge is 0.379 e. The zero-order chi connectivity index (χ0) is 14.1. The Morgan fingerprint density at radius 1 is 1.40 bits per heavy atom. The fourth-order valence-electron chi connectivity index (χ4n) is 2.94. The highest BCUT2D eigenvalue weighted by molar-refractivity contribution is 6.06. The van der Waals surface area contributed by atoms with Crippen LogP contribution >= 0.6 is 0 Å². The number of para-hydroxylation sites is 1. The molecule has 3 rings (SSSR count). The Bertz CT molecular complexity index is 620. The zero-order valence-electron chi connectivity index (χ0n) is 11.9. The topological polar surface area (TPSA) is 45.3 Å². The summed E-state index contributed by atoms with van der Waals surface area (Å²) < 4.78 is 5.49. The van der Waals surface area contributed by atoms with E-state index in [2.05, 4.69) is 11.9 Å². The number of hydrogen-bond acceptors (Lipinski definition) is 2. The number of amides is 1. The number of piperidine rings is 1. The van der Waals surface area contributed by atoms with E-state index in [1.807, 2.05) is 35.4 Å². The molecule has 1 saturated heterocycles. The van der Waals surface area contributed by atoms with Crippen molar-refractivity contribution in [1.82, 2.24) is 9.88 Å². The molecule has 2 heterocycles. The summed E-state index contributed by atoms with van der Waals surface area (Å²) in [5.41, 5.74) is 1.76. The second-order valence-electron chi connectivity index (χ2n) is 5.54. The van der Waals surface area contributed by atoms with Gasteiger partial charge in [0.1, 0.15) is 0 Å². The molecule has 4 heteroatoms. The summed E-state index contributed by atoms with van der Waals surface area (Å²) in [7, 11) is 1.72. The van der Waals surface area contributed by atoms with Gasteiger partial charge in [0, 0.05) is 37.3 Å². The molecule has 20 heavy (non-hydrogen) atoms. The average molecular weight is 272 g/mol. The third-order valence-electron chi connectivity index (χ3n) is 4.30. The normalized spacial score (nSPS) is 23.2. The van der Waals surface area contributed by atoms with Crippen molar-refractivity contribution >= 4 is 16.8 Å². The van der Waals surface area contributed by atoms with Gasteiger partial charge in [0.15, 0.2) is 0 Å². The summed E-state index contributed by atoms with van der Waals surface area (Å²) >= 11 is 0. The highest BCUT2D eigenvalue weighted by Gasteiger charge is 2.30. The van der Waals surface area contributed by atoms with Gasteiger partial charge in [-0.25, -0.2) is 0 Å². The Morgan fingerprint density at radius 2 is 2.20 bits per heavy atom. The lowest BCUT2D eigenvalue weighted by Gasteiger charge is -2.36. The van der Waals surface area contributed by atoms with Gasteiger partial charge in [-0.05, 0) is 18.4 Å². The van der Waals surface area contributed by atoms with Crippen LogP contribution in [0, 0.1) is 5.92 Å². The number of carbonyl (C=O) groups is 1. The van der Waals surface area contributed by atoms with Crippen molar-refractivity contribution in [2.45, 2.75) is 19.4 Å². The SMILES string of the molecule is COC1CN(C(=O)c2c[nH]c3ccccc23)CCC1C. The molecule has 106 valence electrons. The standard InChI is InChI=1S/C16H20N2O2/c1-11-7-8-18(10-15(11)20-2)16(19)13-9-17-14-6-4-3-5-12(13)14/h3-6,9,11,15,17H,7-8,10H2,1-2H3. The number of aromatic nitrogens is 1. The predicted molar refractivity (Wildman–Crippen MR) is 78.8 cm³/mol. The van der Waals surface area contributed by atoms with E-state index in [4.69, 9.17) is 4.74 Å². The van der Waals surface area contributed by atoms with Crippen LogP contribution in [0.4, 0.5) is 0 Å². The van der Waals surface area contributed by atoms with Gasteiger partial charge < -0.3 is 14.6 Å². The van der Waals surface area contributed by atoms with Gasteiger partial charge in [-0.3, -0.25) is 4.79 Å². The van der Waals surface area contributed by atoms with Gasteiger partial charge in [0.25, 0.3) is 5.91 Å². The van der Waals surface area contributed by atoms with Gasteiger partial charge in [0.2, 0.25) is 0 Å². The number of fused-ring (bicyclic) bond motifs is 1. The molecular weight excluding hydrogens is 252 g/mol. The highest BCUT2D eigenvalue weighted by atomic mass is 16.5. The minimum Gasteiger partial charge on any atom is -0.379 e. The molecule has 0 saturated carbocycles. The fourth-order valence-corrected chi connectivity index (χ4v) is 2.94. The molecule has 1 aliphatic heterocycles. The number of nitrogens with one attached hydrogen (secondary N) is 1. The number of hydrogen-bond donors (Lipinski definition) is 1. The number of methoxy groups -OCH3 is 1. The van der Waals surface area contributed by atoms with Crippen molar-refractivity contribution in [2.75, 3.05) is 20.2 Å². The lowest BCUT2D eigenvalue weighted by Crippen LogP contribution is -2.46. The molecule has 0 aliphatic carbocycles. The first-order valence-electron chi connectivity index (χ1n) is 7.09. The number of nitrogens with zero attached hydrogens (tertiary/aromatic N) is 1. The second kappa shape index (κ2) is 5.29. The Hall–Kier alpha value is -1.81. The third kappa shape index (κ3) is 2.20. The number of benzene rings is 1. The van der Waals surface area contributed by atoms with Crippen LogP contribution in [0.1, 0.15) is 23.7 Å². The average Bonchev–Trinajstić information content (AvgIpc) is 2.91. The minimum atomic E-state index is 0.0939. The summed E-state index contributed by atoms with van der Waals surface area (Å²) in [6.07, 6.45) is 2.94. The van der Waals surface area contributed by atoms with Crippen molar-refractivity contribution in [3.63, 3.8) is 0 Å². The van der Waals surface area contributed by atoms with E-state index in [0.717, 1.165) is 29.4 Å².